The summed E-state index contributed by atoms with van der Waals surface area (Å²) >= 11 is 0. The molecule has 0 spiro atoms. The maximum absolute atomic E-state index is 11.5. The lowest BCUT2D eigenvalue weighted by atomic mass is 9.70. The fraction of sp³-hybridized carbons (Fsp3) is 0.438. The molecule has 1 aliphatic carbocycles. The Hall–Kier alpha value is -2.35. The van der Waals surface area contributed by atoms with Crippen molar-refractivity contribution in [3.05, 3.63) is 23.6 Å². The number of Topliss-reactive ketones (excluding diaryl/α,β-unsaturated/α-hetero) is 1. The van der Waals surface area contributed by atoms with Crippen molar-refractivity contribution in [3.8, 4) is 11.8 Å². The monoisotopic (exact) mass is 284 g/mol. The third-order valence-corrected chi connectivity index (χ3v) is 4.23. The van der Waals surface area contributed by atoms with Crippen LogP contribution in [-0.4, -0.2) is 17.9 Å². The molecule has 21 heavy (non-hydrogen) atoms. The molecule has 0 N–H and O–H groups in total. The summed E-state index contributed by atoms with van der Waals surface area (Å²) in [5.41, 5.74) is 1.41. The molecule has 5 heteroatoms. The largest absolute Gasteiger partial charge is 0.493 e. The van der Waals surface area contributed by atoms with Gasteiger partial charge >= 0.3 is 0 Å². The number of aromatic nitrogens is 1. The second-order valence-electron chi connectivity index (χ2n) is 5.46. The van der Waals surface area contributed by atoms with Crippen LogP contribution in [0.5, 0.6) is 5.75 Å². The number of nitrogens with zero attached hydrogens (tertiary/aromatic N) is 2. The molecule has 1 aliphatic rings. The molecular formula is C16H16N2O3. The Kier molecular flexibility index (Phi) is 3.17. The van der Waals surface area contributed by atoms with Crippen LogP contribution < -0.4 is 4.74 Å². The van der Waals surface area contributed by atoms with E-state index in [0.717, 1.165) is 5.56 Å². The van der Waals surface area contributed by atoms with Gasteiger partial charge in [-0.15, -0.1) is 0 Å². The number of methoxy groups -OCH3 is 1. The van der Waals surface area contributed by atoms with Gasteiger partial charge in [-0.3, -0.25) is 4.79 Å². The van der Waals surface area contributed by atoms with Crippen LogP contribution in [0.3, 0.4) is 0 Å². The van der Waals surface area contributed by atoms with E-state index in [2.05, 4.69) is 11.1 Å². The molecule has 1 saturated carbocycles. The Bertz CT molecular complexity index is 745. The van der Waals surface area contributed by atoms with Crippen molar-refractivity contribution in [2.75, 3.05) is 7.11 Å². The predicted molar refractivity (Wildman–Crippen MR) is 76.1 cm³/mol. The topological polar surface area (TPSA) is 76.1 Å². The normalized spacial score (nSPS) is 17.7. The minimum atomic E-state index is -0.665. The Morgan fingerprint density at radius 1 is 1.38 bits per heavy atom. The second-order valence-corrected chi connectivity index (χ2v) is 5.46. The summed E-state index contributed by atoms with van der Waals surface area (Å²) in [7, 11) is 1.58. The summed E-state index contributed by atoms with van der Waals surface area (Å²) in [6.45, 7) is 1.77. The van der Waals surface area contributed by atoms with Crippen LogP contribution in [0.2, 0.25) is 0 Å². The Balaban J connectivity index is 2.20. The number of carbonyl (C=O) groups is 1. The number of aryl methyl sites for hydroxylation is 1. The van der Waals surface area contributed by atoms with E-state index in [-0.39, 0.29) is 5.78 Å². The zero-order valence-corrected chi connectivity index (χ0v) is 12.1. The van der Waals surface area contributed by atoms with E-state index >= 15 is 0 Å². The van der Waals surface area contributed by atoms with Crippen LogP contribution in [0.1, 0.15) is 37.1 Å². The summed E-state index contributed by atoms with van der Waals surface area (Å²) < 4.78 is 10.9. The standard InChI is InChI=1S/C16H16N2O3/c1-10-18-14-12(3-4-13(20-2)15(14)21-10)16(9-17)7-5-11(19)6-8-16/h3-4H,5-8H2,1-2H3. The van der Waals surface area contributed by atoms with Gasteiger partial charge in [-0.05, 0) is 18.9 Å². The van der Waals surface area contributed by atoms with E-state index in [4.69, 9.17) is 9.15 Å². The van der Waals surface area contributed by atoms with Crippen LogP contribution >= 0.6 is 0 Å². The molecule has 1 aromatic heterocycles. The average molecular weight is 284 g/mol. The maximum Gasteiger partial charge on any atom is 0.196 e. The van der Waals surface area contributed by atoms with Crippen molar-refractivity contribution in [2.45, 2.75) is 38.0 Å². The third kappa shape index (κ3) is 2.07. The van der Waals surface area contributed by atoms with Crippen LogP contribution in [0.4, 0.5) is 0 Å². The van der Waals surface area contributed by atoms with Crippen molar-refractivity contribution in [1.82, 2.24) is 4.98 Å². The molecule has 0 aliphatic heterocycles. The number of ether oxygens (including phenoxy) is 1. The fourth-order valence-electron chi connectivity index (χ4n) is 3.03. The highest BCUT2D eigenvalue weighted by Crippen LogP contribution is 2.42. The number of hydrogen-bond acceptors (Lipinski definition) is 5. The molecule has 108 valence electrons. The summed E-state index contributed by atoms with van der Waals surface area (Å²) in [5.74, 6) is 1.37. The molecule has 1 heterocycles. The number of fused-ring (bicyclic) bond motifs is 1. The van der Waals surface area contributed by atoms with E-state index in [0.29, 0.717) is 48.4 Å². The average Bonchev–Trinajstić information content (AvgIpc) is 2.89. The number of benzene rings is 1. The van der Waals surface area contributed by atoms with Gasteiger partial charge in [0.1, 0.15) is 11.3 Å². The smallest absolute Gasteiger partial charge is 0.196 e. The number of hydrogen-bond donors (Lipinski definition) is 0. The first-order valence-electron chi connectivity index (χ1n) is 6.97. The lowest BCUT2D eigenvalue weighted by Crippen LogP contribution is -2.30. The quantitative estimate of drug-likeness (QED) is 0.847. The molecule has 1 fully saturated rings. The summed E-state index contributed by atoms with van der Waals surface area (Å²) in [5, 5.41) is 9.72. The SMILES string of the molecule is COc1ccc(C2(C#N)CCC(=O)CC2)c2nc(C)oc12. The maximum atomic E-state index is 11.5. The molecule has 0 radical (unpaired) electrons. The van der Waals surface area contributed by atoms with E-state index in [1.165, 1.54) is 0 Å². The summed E-state index contributed by atoms with van der Waals surface area (Å²) in [6.07, 6.45) is 1.96. The highest BCUT2D eigenvalue weighted by atomic mass is 16.5. The summed E-state index contributed by atoms with van der Waals surface area (Å²) in [6, 6.07) is 6.10. The van der Waals surface area contributed by atoms with Gasteiger partial charge in [0.15, 0.2) is 17.2 Å². The van der Waals surface area contributed by atoms with Crippen LogP contribution in [-0.2, 0) is 10.2 Å². The van der Waals surface area contributed by atoms with Crippen molar-refractivity contribution >= 4 is 16.9 Å². The van der Waals surface area contributed by atoms with Gasteiger partial charge in [0.2, 0.25) is 0 Å². The molecule has 0 bridgehead atoms. The van der Waals surface area contributed by atoms with Crippen molar-refractivity contribution in [2.24, 2.45) is 0 Å². The van der Waals surface area contributed by atoms with Gasteiger partial charge in [-0.1, -0.05) is 6.07 Å². The minimum Gasteiger partial charge on any atom is -0.493 e. The fourth-order valence-corrected chi connectivity index (χ4v) is 3.03. The predicted octanol–water partition coefficient (Wildman–Crippen LogP) is 3.05. The van der Waals surface area contributed by atoms with E-state index in [1.807, 2.05) is 6.07 Å². The number of oxazole rings is 1. The van der Waals surface area contributed by atoms with Gasteiger partial charge < -0.3 is 9.15 Å². The first-order valence-corrected chi connectivity index (χ1v) is 6.97. The third-order valence-electron chi connectivity index (χ3n) is 4.23. The van der Waals surface area contributed by atoms with Crippen LogP contribution in [0.15, 0.2) is 16.5 Å². The molecule has 5 nitrogen and oxygen atoms in total. The van der Waals surface area contributed by atoms with Crippen molar-refractivity contribution < 1.29 is 13.9 Å². The first kappa shape index (κ1) is 13.6. The van der Waals surface area contributed by atoms with Gasteiger partial charge in [0.25, 0.3) is 0 Å². The van der Waals surface area contributed by atoms with Gasteiger partial charge in [-0.25, -0.2) is 4.98 Å². The molecule has 0 unspecified atom stereocenters. The molecule has 2 aromatic rings. The number of carbonyl (C=O) groups excluding carboxylic acids is 1. The van der Waals surface area contributed by atoms with Gasteiger partial charge in [0, 0.05) is 25.3 Å². The Labute approximate surface area is 122 Å². The zero-order chi connectivity index (χ0) is 15.0. The second kappa shape index (κ2) is 4.88. The number of rotatable bonds is 2. The molecule has 1 aromatic carbocycles. The zero-order valence-electron chi connectivity index (χ0n) is 12.1. The lowest BCUT2D eigenvalue weighted by molar-refractivity contribution is -0.120. The highest BCUT2D eigenvalue weighted by Gasteiger charge is 2.39. The first-order chi connectivity index (χ1) is 10.1. The van der Waals surface area contributed by atoms with E-state index < -0.39 is 5.41 Å². The number of nitriles is 1. The van der Waals surface area contributed by atoms with Crippen LogP contribution in [0.25, 0.3) is 11.1 Å². The molecule has 0 amide bonds. The van der Waals surface area contributed by atoms with Crippen molar-refractivity contribution in [1.29, 1.82) is 5.26 Å². The van der Waals surface area contributed by atoms with Crippen molar-refractivity contribution in [3.63, 3.8) is 0 Å². The van der Waals surface area contributed by atoms with E-state index in [9.17, 15) is 10.1 Å². The molecule has 0 saturated heterocycles. The Morgan fingerprint density at radius 2 is 2.10 bits per heavy atom. The van der Waals surface area contributed by atoms with Gasteiger partial charge in [0.05, 0.1) is 18.6 Å². The highest BCUT2D eigenvalue weighted by molar-refractivity contribution is 5.86. The van der Waals surface area contributed by atoms with E-state index in [1.54, 1.807) is 20.1 Å². The summed E-state index contributed by atoms with van der Waals surface area (Å²) in [4.78, 5) is 15.9. The molecule has 0 atom stereocenters. The number of ketones is 1. The van der Waals surface area contributed by atoms with Crippen LogP contribution in [0, 0.1) is 18.3 Å². The minimum absolute atomic E-state index is 0.224. The van der Waals surface area contributed by atoms with Gasteiger partial charge in [-0.2, -0.15) is 5.26 Å². The Morgan fingerprint density at radius 3 is 2.71 bits per heavy atom. The molecule has 3 rings (SSSR count). The molecular weight excluding hydrogens is 268 g/mol. The lowest BCUT2D eigenvalue weighted by Gasteiger charge is -2.30.